The number of likely N-dealkylation sites (N-methyl/N-ethyl adjacent to an activating group) is 1. The average Bonchev–Trinajstić information content (AvgIpc) is 2.73. The molecule has 2 aliphatic rings. The van der Waals surface area contributed by atoms with Gasteiger partial charge in [0.25, 0.3) is 0 Å². The van der Waals surface area contributed by atoms with Gasteiger partial charge >= 0.3 is 0 Å². The molecule has 1 saturated heterocycles. The zero-order valence-corrected chi connectivity index (χ0v) is 20.5. The molecule has 2 aliphatic heterocycles. The Hall–Kier alpha value is -1.64. The number of benzene rings is 2. The molecule has 1 atom stereocenters. The van der Waals surface area contributed by atoms with Crippen molar-refractivity contribution >= 4 is 44.8 Å². The van der Waals surface area contributed by atoms with E-state index in [1.807, 2.05) is 24.3 Å². The molecule has 0 bridgehead atoms. The van der Waals surface area contributed by atoms with Crippen molar-refractivity contribution < 1.29 is 13.2 Å². The van der Waals surface area contributed by atoms with E-state index in [1.165, 1.54) is 10.6 Å². The van der Waals surface area contributed by atoms with Crippen molar-refractivity contribution in [1.82, 2.24) is 9.21 Å². The number of amides is 1. The molecule has 32 heavy (non-hydrogen) atoms. The van der Waals surface area contributed by atoms with E-state index >= 15 is 0 Å². The highest BCUT2D eigenvalue weighted by atomic mass is 35.5. The number of nitrogens with zero attached hydrogens (tertiary/aromatic N) is 2. The summed E-state index contributed by atoms with van der Waals surface area (Å²) in [6.45, 7) is 2.35. The molecular weight excluding hydrogens is 469 g/mol. The van der Waals surface area contributed by atoms with E-state index in [0.29, 0.717) is 36.0 Å². The zero-order chi connectivity index (χ0) is 23.0. The Morgan fingerprint density at radius 2 is 1.84 bits per heavy atom. The highest BCUT2D eigenvalue weighted by Gasteiger charge is 2.30. The molecule has 172 valence electrons. The molecule has 2 heterocycles. The Kier molecular flexibility index (Phi) is 6.84. The number of hydrogen-bond acceptors (Lipinski definition) is 4. The summed E-state index contributed by atoms with van der Waals surface area (Å²) in [6.07, 6.45) is 2.26. The van der Waals surface area contributed by atoms with Crippen molar-refractivity contribution in [2.45, 2.75) is 25.3 Å². The second-order valence-electron chi connectivity index (χ2n) is 8.76. The second-order valence-corrected chi connectivity index (χ2v) is 11.6. The fraction of sp³-hybridized carbons (Fsp3) is 0.435. The number of hydrogen-bond donors (Lipinski definition) is 1. The molecule has 1 unspecified atom stereocenters. The third kappa shape index (κ3) is 5.13. The molecule has 4 rings (SSSR count). The molecule has 9 heteroatoms. The number of carbonyl (C=O) groups is 1. The molecule has 1 amide bonds. The van der Waals surface area contributed by atoms with Crippen molar-refractivity contribution in [2.75, 3.05) is 38.3 Å². The lowest BCUT2D eigenvalue weighted by atomic mass is 9.84. The predicted octanol–water partition coefficient (Wildman–Crippen LogP) is 4.18. The van der Waals surface area contributed by atoms with Crippen LogP contribution in [0.15, 0.2) is 36.4 Å². The number of rotatable bonds is 4. The average molecular weight is 496 g/mol. The normalized spacial score (nSPS) is 20.7. The van der Waals surface area contributed by atoms with Crippen LogP contribution in [0.3, 0.4) is 0 Å². The largest absolute Gasteiger partial charge is 0.326 e. The van der Waals surface area contributed by atoms with E-state index in [4.69, 9.17) is 23.2 Å². The molecule has 1 fully saturated rings. The summed E-state index contributed by atoms with van der Waals surface area (Å²) in [6, 6.07) is 11.7. The number of anilines is 1. The first-order valence-corrected chi connectivity index (χ1v) is 13.2. The number of piperidine rings is 1. The van der Waals surface area contributed by atoms with Crippen LogP contribution in [0.2, 0.25) is 10.0 Å². The smallest absolute Gasteiger partial charge is 0.227 e. The molecule has 6 nitrogen and oxygen atoms in total. The summed E-state index contributed by atoms with van der Waals surface area (Å²) in [5.41, 5.74) is 4.03. The standard InChI is InChI=1S/C23H27Cl2N3O3S/c1-27-13-20(19-11-17(24)12-22(25)21(19)14-27)16-4-3-5-18(10-16)26-23(29)15-6-8-28(9-7-15)32(2,30)31/h3-5,10-12,15,20H,6-9,13-14H2,1-2H3,(H,26,29). The van der Waals surface area contributed by atoms with Crippen molar-refractivity contribution in [3.63, 3.8) is 0 Å². The Morgan fingerprint density at radius 1 is 1.12 bits per heavy atom. The van der Waals surface area contributed by atoms with Crippen LogP contribution in [-0.2, 0) is 21.4 Å². The number of carbonyl (C=O) groups excluding carboxylic acids is 1. The lowest BCUT2D eigenvalue weighted by Crippen LogP contribution is -2.40. The third-order valence-corrected chi connectivity index (χ3v) is 8.20. The summed E-state index contributed by atoms with van der Waals surface area (Å²) < 4.78 is 24.8. The monoisotopic (exact) mass is 495 g/mol. The van der Waals surface area contributed by atoms with Gasteiger partial charge in [0.2, 0.25) is 15.9 Å². The van der Waals surface area contributed by atoms with Gasteiger partial charge in [0.05, 0.1) is 6.26 Å². The number of nitrogens with one attached hydrogen (secondary N) is 1. The first kappa shape index (κ1) is 23.5. The van der Waals surface area contributed by atoms with Crippen LogP contribution in [0.5, 0.6) is 0 Å². The highest BCUT2D eigenvalue weighted by molar-refractivity contribution is 7.88. The van der Waals surface area contributed by atoms with E-state index in [2.05, 4.69) is 23.3 Å². The topological polar surface area (TPSA) is 69.7 Å². The van der Waals surface area contributed by atoms with Crippen LogP contribution < -0.4 is 5.32 Å². The van der Waals surface area contributed by atoms with Gasteiger partial charge in [-0.1, -0.05) is 35.3 Å². The van der Waals surface area contributed by atoms with Gasteiger partial charge in [0.15, 0.2) is 0 Å². The maximum absolute atomic E-state index is 12.8. The SMILES string of the molecule is CN1Cc2c(Cl)cc(Cl)cc2C(c2cccc(NC(=O)C3CCN(S(C)(=O)=O)CC3)c2)C1. The van der Waals surface area contributed by atoms with E-state index in [-0.39, 0.29) is 17.7 Å². The van der Waals surface area contributed by atoms with Crippen molar-refractivity contribution in [3.05, 3.63) is 63.1 Å². The fourth-order valence-electron chi connectivity index (χ4n) is 4.66. The van der Waals surface area contributed by atoms with Crippen LogP contribution >= 0.6 is 23.2 Å². The quantitative estimate of drug-likeness (QED) is 0.690. The van der Waals surface area contributed by atoms with Gasteiger partial charge in [0, 0.05) is 53.7 Å². The Balaban J connectivity index is 1.51. The number of fused-ring (bicyclic) bond motifs is 1. The van der Waals surface area contributed by atoms with E-state index in [1.54, 1.807) is 6.07 Å². The van der Waals surface area contributed by atoms with Crippen LogP contribution in [0.4, 0.5) is 5.69 Å². The van der Waals surface area contributed by atoms with Crippen LogP contribution in [0.1, 0.15) is 35.4 Å². The molecule has 1 N–H and O–H groups in total. The molecule has 0 aromatic heterocycles. The van der Waals surface area contributed by atoms with Gasteiger partial charge in [-0.15, -0.1) is 0 Å². The maximum atomic E-state index is 12.8. The summed E-state index contributed by atoms with van der Waals surface area (Å²) in [7, 11) is -1.14. The lowest BCUT2D eigenvalue weighted by Gasteiger charge is -2.33. The molecule has 2 aromatic rings. The van der Waals surface area contributed by atoms with Crippen LogP contribution in [0, 0.1) is 5.92 Å². The third-order valence-electron chi connectivity index (χ3n) is 6.34. The molecule has 0 spiro atoms. The second kappa shape index (κ2) is 9.31. The molecule has 0 radical (unpaired) electrons. The zero-order valence-electron chi connectivity index (χ0n) is 18.1. The van der Waals surface area contributed by atoms with Gasteiger partial charge in [-0.3, -0.25) is 4.79 Å². The van der Waals surface area contributed by atoms with Gasteiger partial charge in [-0.25, -0.2) is 12.7 Å². The lowest BCUT2D eigenvalue weighted by molar-refractivity contribution is -0.120. The van der Waals surface area contributed by atoms with E-state index in [0.717, 1.165) is 35.5 Å². The van der Waals surface area contributed by atoms with Crippen molar-refractivity contribution in [3.8, 4) is 0 Å². The minimum atomic E-state index is -3.21. The van der Waals surface area contributed by atoms with Crippen LogP contribution in [0.25, 0.3) is 0 Å². The summed E-state index contributed by atoms with van der Waals surface area (Å²) in [4.78, 5) is 15.1. The molecule has 0 aliphatic carbocycles. The fourth-order valence-corrected chi connectivity index (χ4v) is 6.10. The van der Waals surface area contributed by atoms with E-state index in [9.17, 15) is 13.2 Å². The summed E-state index contributed by atoms with van der Waals surface area (Å²) >= 11 is 12.8. The summed E-state index contributed by atoms with van der Waals surface area (Å²) in [5, 5.41) is 4.32. The Bertz CT molecular complexity index is 1130. The molecule has 0 saturated carbocycles. The first-order chi connectivity index (χ1) is 15.1. The van der Waals surface area contributed by atoms with Crippen LogP contribution in [-0.4, -0.2) is 56.5 Å². The number of halogens is 2. The highest BCUT2D eigenvalue weighted by Crippen LogP contribution is 2.39. The first-order valence-electron chi connectivity index (χ1n) is 10.6. The number of sulfonamides is 1. The summed E-state index contributed by atoms with van der Waals surface area (Å²) in [5.74, 6) is -0.173. The minimum Gasteiger partial charge on any atom is -0.326 e. The molecular formula is C23H27Cl2N3O3S. The van der Waals surface area contributed by atoms with E-state index < -0.39 is 10.0 Å². The minimum absolute atomic E-state index is 0.0671. The van der Waals surface area contributed by atoms with Gasteiger partial charge < -0.3 is 10.2 Å². The van der Waals surface area contributed by atoms with Gasteiger partial charge in [0.1, 0.15) is 0 Å². The Labute approximate surface area is 199 Å². The van der Waals surface area contributed by atoms with Gasteiger partial charge in [-0.2, -0.15) is 0 Å². The van der Waals surface area contributed by atoms with Crippen molar-refractivity contribution in [2.24, 2.45) is 5.92 Å². The van der Waals surface area contributed by atoms with Gasteiger partial charge in [-0.05, 0) is 60.8 Å². The molecule has 2 aromatic carbocycles. The maximum Gasteiger partial charge on any atom is 0.227 e. The Morgan fingerprint density at radius 3 is 2.53 bits per heavy atom. The predicted molar refractivity (Wildman–Crippen MR) is 129 cm³/mol. The van der Waals surface area contributed by atoms with Crippen molar-refractivity contribution in [1.29, 1.82) is 0 Å².